The van der Waals surface area contributed by atoms with Crippen LogP contribution in [-0.2, 0) is 4.74 Å². The highest BCUT2D eigenvalue weighted by molar-refractivity contribution is 5.73. The molecule has 2 N–H and O–H groups in total. The molecule has 1 aliphatic rings. The Kier molecular flexibility index (Phi) is 3.45. The largest absolute Gasteiger partial charge is 0.493 e. The highest BCUT2D eigenvalue weighted by atomic mass is 16.5. The van der Waals surface area contributed by atoms with Gasteiger partial charge in [0.05, 0.1) is 27.9 Å². The molecule has 1 aromatic carbocycles. The van der Waals surface area contributed by atoms with Gasteiger partial charge >= 0.3 is 0 Å². The maximum absolute atomic E-state index is 5.51. The van der Waals surface area contributed by atoms with Gasteiger partial charge < -0.3 is 24.7 Å². The molecule has 6 nitrogen and oxygen atoms in total. The second-order valence-electron chi connectivity index (χ2n) is 3.71. The van der Waals surface area contributed by atoms with Gasteiger partial charge in [0.25, 0.3) is 6.02 Å². The first-order valence-corrected chi connectivity index (χ1v) is 5.46. The van der Waals surface area contributed by atoms with Crippen LogP contribution >= 0.6 is 0 Å². The van der Waals surface area contributed by atoms with Gasteiger partial charge in [-0.05, 0) is 12.1 Å². The van der Waals surface area contributed by atoms with E-state index in [1.165, 1.54) is 0 Å². The summed E-state index contributed by atoms with van der Waals surface area (Å²) in [4.78, 5) is 4.01. The average molecular weight is 252 g/mol. The zero-order valence-electron chi connectivity index (χ0n) is 10.6. The van der Waals surface area contributed by atoms with E-state index in [2.05, 4.69) is 4.99 Å². The lowest BCUT2D eigenvalue weighted by Gasteiger charge is -2.18. The minimum Gasteiger partial charge on any atom is -0.493 e. The van der Waals surface area contributed by atoms with Gasteiger partial charge in [-0.15, -0.1) is 0 Å². The molecular formula is C12H16N2O4. The lowest BCUT2D eigenvalue weighted by Crippen LogP contribution is -2.14. The summed E-state index contributed by atoms with van der Waals surface area (Å²) >= 11 is 0. The molecule has 1 aromatic rings. The number of aliphatic imine (C=N–C) groups is 1. The second kappa shape index (κ2) is 5.03. The standard InChI is InChI=1S/C12H16N2O4/c1-15-8-5-4-7(9-6-14-12(13)18-9)10(16-2)11(8)17-3/h4-5,9H,6H2,1-3H3,(H2,13,14). The molecule has 98 valence electrons. The fourth-order valence-corrected chi connectivity index (χ4v) is 1.93. The first kappa shape index (κ1) is 12.3. The molecule has 0 radical (unpaired) electrons. The van der Waals surface area contributed by atoms with Crippen molar-refractivity contribution >= 4 is 6.02 Å². The van der Waals surface area contributed by atoms with Crippen molar-refractivity contribution in [3.8, 4) is 17.2 Å². The van der Waals surface area contributed by atoms with E-state index in [-0.39, 0.29) is 12.1 Å². The SMILES string of the molecule is COc1ccc(C2CN=C(N)O2)c(OC)c1OC. The first-order valence-electron chi connectivity index (χ1n) is 5.46. The number of hydrogen-bond donors (Lipinski definition) is 1. The zero-order valence-corrected chi connectivity index (χ0v) is 10.6. The van der Waals surface area contributed by atoms with Gasteiger partial charge in [0, 0.05) is 5.56 Å². The van der Waals surface area contributed by atoms with Crippen LogP contribution in [-0.4, -0.2) is 33.9 Å². The Morgan fingerprint density at radius 3 is 2.39 bits per heavy atom. The molecule has 0 saturated heterocycles. The smallest absolute Gasteiger partial charge is 0.282 e. The number of nitrogens with two attached hydrogens (primary N) is 1. The number of benzene rings is 1. The van der Waals surface area contributed by atoms with Crippen LogP contribution in [0.5, 0.6) is 17.2 Å². The highest BCUT2D eigenvalue weighted by Crippen LogP contribution is 2.43. The second-order valence-corrected chi connectivity index (χ2v) is 3.71. The van der Waals surface area contributed by atoms with Crippen LogP contribution in [0.4, 0.5) is 0 Å². The normalized spacial score (nSPS) is 17.9. The molecule has 1 atom stereocenters. The van der Waals surface area contributed by atoms with E-state index < -0.39 is 0 Å². The molecule has 0 aromatic heterocycles. The van der Waals surface area contributed by atoms with Gasteiger partial charge in [-0.25, -0.2) is 4.99 Å². The summed E-state index contributed by atoms with van der Waals surface area (Å²) in [6.07, 6.45) is -0.250. The lowest BCUT2D eigenvalue weighted by molar-refractivity contribution is 0.217. The predicted octanol–water partition coefficient (Wildman–Crippen LogP) is 1.10. The maximum atomic E-state index is 5.51. The predicted molar refractivity (Wildman–Crippen MR) is 66.4 cm³/mol. The molecule has 1 unspecified atom stereocenters. The topological polar surface area (TPSA) is 75.3 Å². The Labute approximate surface area is 105 Å². The number of ether oxygens (including phenoxy) is 4. The van der Waals surface area contributed by atoms with Crippen molar-refractivity contribution in [3.63, 3.8) is 0 Å². The third-order valence-electron chi connectivity index (χ3n) is 2.76. The van der Waals surface area contributed by atoms with E-state index in [0.717, 1.165) is 5.56 Å². The van der Waals surface area contributed by atoms with Crippen molar-refractivity contribution in [3.05, 3.63) is 17.7 Å². The molecule has 0 bridgehead atoms. The molecule has 0 aliphatic carbocycles. The monoisotopic (exact) mass is 252 g/mol. The van der Waals surface area contributed by atoms with Crippen LogP contribution in [0.3, 0.4) is 0 Å². The molecular weight excluding hydrogens is 236 g/mol. The molecule has 6 heteroatoms. The molecule has 1 heterocycles. The third-order valence-corrected chi connectivity index (χ3v) is 2.76. The minimum absolute atomic E-state index is 0.192. The van der Waals surface area contributed by atoms with Crippen molar-refractivity contribution in [1.82, 2.24) is 0 Å². The van der Waals surface area contributed by atoms with Gasteiger partial charge in [-0.3, -0.25) is 0 Å². The van der Waals surface area contributed by atoms with Crippen molar-refractivity contribution in [2.75, 3.05) is 27.9 Å². The lowest BCUT2D eigenvalue weighted by atomic mass is 10.1. The molecule has 0 spiro atoms. The van der Waals surface area contributed by atoms with Gasteiger partial charge in [-0.1, -0.05) is 0 Å². The van der Waals surface area contributed by atoms with Gasteiger partial charge in [0.2, 0.25) is 5.75 Å². The summed E-state index contributed by atoms with van der Waals surface area (Å²) in [5.74, 6) is 1.71. The van der Waals surface area contributed by atoms with Gasteiger partial charge in [0.15, 0.2) is 17.6 Å². The number of methoxy groups -OCH3 is 3. The fourth-order valence-electron chi connectivity index (χ4n) is 1.93. The van der Waals surface area contributed by atoms with Crippen molar-refractivity contribution in [2.24, 2.45) is 10.7 Å². The summed E-state index contributed by atoms with van der Waals surface area (Å²) in [6.45, 7) is 0.470. The Bertz CT molecular complexity index is 473. The van der Waals surface area contributed by atoms with Crippen LogP contribution in [0.25, 0.3) is 0 Å². The Morgan fingerprint density at radius 1 is 1.17 bits per heavy atom. The fraction of sp³-hybridized carbons (Fsp3) is 0.417. The van der Waals surface area contributed by atoms with E-state index >= 15 is 0 Å². The van der Waals surface area contributed by atoms with Crippen LogP contribution in [0.1, 0.15) is 11.7 Å². The molecule has 2 rings (SSSR count). The zero-order chi connectivity index (χ0) is 13.1. The summed E-state index contributed by atoms with van der Waals surface area (Å²) in [5, 5.41) is 0. The number of amidine groups is 1. The van der Waals surface area contributed by atoms with Crippen LogP contribution in [0.15, 0.2) is 17.1 Å². The van der Waals surface area contributed by atoms with Crippen molar-refractivity contribution < 1.29 is 18.9 Å². The van der Waals surface area contributed by atoms with Crippen LogP contribution in [0, 0.1) is 0 Å². The Balaban J connectivity index is 2.42. The number of hydrogen-bond acceptors (Lipinski definition) is 6. The Morgan fingerprint density at radius 2 is 1.89 bits per heavy atom. The summed E-state index contributed by atoms with van der Waals surface area (Å²) < 4.78 is 21.3. The minimum atomic E-state index is -0.250. The van der Waals surface area contributed by atoms with E-state index in [1.807, 2.05) is 6.07 Å². The molecule has 0 amide bonds. The third kappa shape index (κ3) is 2.01. The van der Waals surface area contributed by atoms with Gasteiger partial charge in [0.1, 0.15) is 0 Å². The Hall–Kier alpha value is -2.11. The first-order chi connectivity index (χ1) is 8.71. The van der Waals surface area contributed by atoms with E-state index in [1.54, 1.807) is 27.4 Å². The highest BCUT2D eigenvalue weighted by Gasteiger charge is 2.26. The maximum Gasteiger partial charge on any atom is 0.282 e. The van der Waals surface area contributed by atoms with Gasteiger partial charge in [-0.2, -0.15) is 0 Å². The van der Waals surface area contributed by atoms with Crippen molar-refractivity contribution in [1.29, 1.82) is 0 Å². The molecule has 0 saturated carbocycles. The summed E-state index contributed by atoms with van der Waals surface area (Å²) in [5.41, 5.74) is 6.34. The van der Waals surface area contributed by atoms with E-state index in [9.17, 15) is 0 Å². The molecule has 0 fully saturated rings. The quantitative estimate of drug-likeness (QED) is 0.868. The molecule has 1 aliphatic heterocycles. The van der Waals surface area contributed by atoms with Crippen LogP contribution in [0.2, 0.25) is 0 Å². The van der Waals surface area contributed by atoms with E-state index in [0.29, 0.717) is 23.8 Å². The average Bonchev–Trinajstić information content (AvgIpc) is 2.83. The van der Waals surface area contributed by atoms with Crippen LogP contribution < -0.4 is 19.9 Å². The summed E-state index contributed by atoms with van der Waals surface area (Å²) in [7, 11) is 4.70. The summed E-state index contributed by atoms with van der Waals surface area (Å²) in [6, 6.07) is 3.85. The number of nitrogens with zero attached hydrogens (tertiary/aromatic N) is 1. The van der Waals surface area contributed by atoms with E-state index in [4.69, 9.17) is 24.7 Å². The number of rotatable bonds is 4. The molecule has 18 heavy (non-hydrogen) atoms. The van der Waals surface area contributed by atoms with Crippen molar-refractivity contribution in [2.45, 2.75) is 6.10 Å².